The second-order valence-electron chi connectivity index (χ2n) is 6.50. The quantitative estimate of drug-likeness (QED) is 0.605. The van der Waals surface area contributed by atoms with E-state index in [-0.39, 0.29) is 18.8 Å². The predicted molar refractivity (Wildman–Crippen MR) is 101 cm³/mol. The van der Waals surface area contributed by atoms with Crippen LogP contribution < -0.4 is 19.9 Å². The van der Waals surface area contributed by atoms with Crippen LogP contribution in [0.3, 0.4) is 0 Å². The SMILES string of the molecule is CC(C)Oc1cc2c(OCC3CCS(O)(O)N3)nccc2cc1C(N)=O. The molecule has 1 aliphatic rings. The van der Waals surface area contributed by atoms with Gasteiger partial charge in [-0.1, -0.05) is 0 Å². The first-order valence-electron chi connectivity index (χ1n) is 8.30. The number of benzene rings is 1. The number of carbonyl (C=O) groups is 1. The molecule has 1 amide bonds. The van der Waals surface area contributed by atoms with E-state index in [2.05, 4.69) is 9.71 Å². The summed E-state index contributed by atoms with van der Waals surface area (Å²) in [7, 11) is -2.70. The lowest BCUT2D eigenvalue weighted by atomic mass is 10.1. The molecule has 1 unspecified atom stereocenters. The maximum Gasteiger partial charge on any atom is 0.252 e. The number of carbonyl (C=O) groups excluding carboxylic acids is 1. The fourth-order valence-corrected chi connectivity index (χ4v) is 4.27. The number of rotatable bonds is 6. The van der Waals surface area contributed by atoms with Crippen molar-refractivity contribution in [3.63, 3.8) is 0 Å². The summed E-state index contributed by atoms with van der Waals surface area (Å²) in [6.45, 7) is 3.97. The Labute approximate surface area is 153 Å². The van der Waals surface area contributed by atoms with E-state index >= 15 is 0 Å². The van der Waals surface area contributed by atoms with Gasteiger partial charge >= 0.3 is 0 Å². The van der Waals surface area contributed by atoms with Gasteiger partial charge in [0.15, 0.2) is 0 Å². The molecule has 8 nitrogen and oxygen atoms in total. The minimum absolute atomic E-state index is 0.125. The molecule has 1 aromatic heterocycles. The molecule has 3 rings (SSSR count). The zero-order valence-corrected chi connectivity index (χ0v) is 15.5. The van der Waals surface area contributed by atoms with Gasteiger partial charge in [0, 0.05) is 11.6 Å². The normalized spacial score (nSPS) is 20.3. The Balaban J connectivity index is 1.89. The van der Waals surface area contributed by atoms with Crippen LogP contribution in [0.5, 0.6) is 11.6 Å². The number of ether oxygens (including phenoxy) is 2. The molecule has 1 aromatic carbocycles. The van der Waals surface area contributed by atoms with Crippen LogP contribution in [-0.4, -0.2) is 44.5 Å². The van der Waals surface area contributed by atoms with Crippen molar-refractivity contribution in [2.24, 2.45) is 5.73 Å². The van der Waals surface area contributed by atoms with E-state index in [0.717, 1.165) is 5.39 Å². The van der Waals surface area contributed by atoms with Gasteiger partial charge in [0.05, 0.1) is 23.5 Å². The van der Waals surface area contributed by atoms with Crippen molar-refractivity contribution < 1.29 is 23.4 Å². The van der Waals surface area contributed by atoms with Gasteiger partial charge in [0.2, 0.25) is 5.88 Å². The fourth-order valence-electron chi connectivity index (χ4n) is 2.82. The Morgan fingerprint density at radius 3 is 2.85 bits per heavy atom. The molecule has 9 heteroatoms. The second-order valence-corrected chi connectivity index (χ2v) is 8.48. The number of amides is 1. The Hall–Kier alpha value is -2.07. The van der Waals surface area contributed by atoms with Crippen LogP contribution >= 0.6 is 10.8 Å². The van der Waals surface area contributed by atoms with Gasteiger partial charge in [-0.25, -0.2) is 9.71 Å². The van der Waals surface area contributed by atoms with Gasteiger partial charge in [0.25, 0.3) is 5.91 Å². The maximum atomic E-state index is 11.7. The number of hydrogen-bond acceptors (Lipinski definition) is 7. The van der Waals surface area contributed by atoms with Gasteiger partial charge in [-0.15, -0.1) is 10.8 Å². The third kappa shape index (κ3) is 4.18. The van der Waals surface area contributed by atoms with E-state index in [1.54, 1.807) is 24.4 Å². The van der Waals surface area contributed by atoms with Crippen molar-refractivity contribution >= 4 is 27.5 Å². The number of nitrogens with two attached hydrogens (primary N) is 1. The van der Waals surface area contributed by atoms with Crippen molar-refractivity contribution in [3.8, 4) is 11.6 Å². The Bertz CT molecular complexity index is 827. The summed E-state index contributed by atoms with van der Waals surface area (Å²) < 4.78 is 33.5. The van der Waals surface area contributed by atoms with Crippen molar-refractivity contribution in [2.75, 3.05) is 12.4 Å². The molecule has 1 aliphatic heterocycles. The molecule has 26 heavy (non-hydrogen) atoms. The molecule has 0 spiro atoms. The zero-order valence-electron chi connectivity index (χ0n) is 14.6. The van der Waals surface area contributed by atoms with Crippen molar-refractivity contribution in [1.29, 1.82) is 0 Å². The number of hydrogen-bond donors (Lipinski definition) is 4. The molecule has 0 saturated carbocycles. The third-order valence-corrected chi connectivity index (χ3v) is 5.50. The minimum atomic E-state index is -2.70. The highest BCUT2D eigenvalue weighted by Gasteiger charge is 2.28. The number of nitrogens with zero attached hydrogens (tertiary/aromatic N) is 1. The van der Waals surface area contributed by atoms with E-state index in [4.69, 9.17) is 15.2 Å². The van der Waals surface area contributed by atoms with E-state index in [0.29, 0.717) is 34.8 Å². The highest BCUT2D eigenvalue weighted by atomic mass is 32.3. The highest BCUT2D eigenvalue weighted by molar-refractivity contribution is 8.22. The summed E-state index contributed by atoms with van der Waals surface area (Å²) in [4.78, 5) is 16.0. The summed E-state index contributed by atoms with van der Waals surface area (Å²) in [5.74, 6) is 0.517. The van der Waals surface area contributed by atoms with Crippen LogP contribution in [0.1, 0.15) is 30.6 Å². The number of pyridine rings is 1. The average Bonchev–Trinajstić information content (AvgIpc) is 2.90. The molecular formula is C17H23N3O5S. The van der Waals surface area contributed by atoms with Gasteiger partial charge in [-0.2, -0.15) is 0 Å². The first kappa shape index (κ1) is 18.7. The summed E-state index contributed by atoms with van der Waals surface area (Å²) in [5, 5.41) is 1.45. The number of nitrogens with one attached hydrogen (secondary N) is 1. The number of fused-ring (bicyclic) bond motifs is 1. The molecule has 5 N–H and O–H groups in total. The minimum Gasteiger partial charge on any atom is -0.490 e. The smallest absolute Gasteiger partial charge is 0.252 e. The zero-order chi connectivity index (χ0) is 18.9. The molecule has 2 heterocycles. The van der Waals surface area contributed by atoms with Gasteiger partial charge in [0.1, 0.15) is 12.4 Å². The Kier molecular flexibility index (Phi) is 5.24. The topological polar surface area (TPSA) is 127 Å². The largest absolute Gasteiger partial charge is 0.490 e. The number of aromatic nitrogens is 1. The van der Waals surface area contributed by atoms with Crippen LogP contribution in [0.4, 0.5) is 0 Å². The van der Waals surface area contributed by atoms with E-state index in [1.165, 1.54) is 0 Å². The summed E-state index contributed by atoms with van der Waals surface area (Å²) >= 11 is 0. The lowest BCUT2D eigenvalue weighted by Gasteiger charge is -2.27. The monoisotopic (exact) mass is 381 g/mol. The van der Waals surface area contributed by atoms with E-state index in [9.17, 15) is 13.9 Å². The van der Waals surface area contributed by atoms with Crippen LogP contribution in [0.15, 0.2) is 24.4 Å². The van der Waals surface area contributed by atoms with Crippen LogP contribution in [0.25, 0.3) is 10.8 Å². The molecule has 0 radical (unpaired) electrons. The van der Waals surface area contributed by atoms with Crippen molar-refractivity contribution in [1.82, 2.24) is 9.71 Å². The van der Waals surface area contributed by atoms with Gasteiger partial charge in [-0.3, -0.25) is 13.9 Å². The van der Waals surface area contributed by atoms with E-state index in [1.807, 2.05) is 13.8 Å². The fraction of sp³-hybridized carbons (Fsp3) is 0.412. The van der Waals surface area contributed by atoms with Gasteiger partial charge < -0.3 is 15.2 Å². The standard InChI is InChI=1S/C17H23N3O5S/c1-10(2)25-15-8-13-11(7-14(15)16(18)21)3-5-19-17(13)24-9-12-4-6-26(22,23)20-12/h3,5,7-8,10,12,20,22-23H,4,6,9H2,1-2H3,(H2,18,21). The summed E-state index contributed by atoms with van der Waals surface area (Å²) in [6.07, 6.45) is 2.07. The molecule has 2 aromatic rings. The highest BCUT2D eigenvalue weighted by Crippen LogP contribution is 2.41. The molecule has 1 fully saturated rings. The second kappa shape index (κ2) is 7.28. The molecule has 142 valence electrons. The lowest BCUT2D eigenvalue weighted by molar-refractivity contribution is 0.0994. The molecule has 0 bridgehead atoms. The van der Waals surface area contributed by atoms with E-state index < -0.39 is 16.7 Å². The van der Waals surface area contributed by atoms with Crippen molar-refractivity contribution in [2.45, 2.75) is 32.4 Å². The first-order valence-corrected chi connectivity index (χ1v) is 10.0. The van der Waals surface area contributed by atoms with Crippen LogP contribution in [-0.2, 0) is 0 Å². The third-order valence-electron chi connectivity index (χ3n) is 3.98. The van der Waals surface area contributed by atoms with Gasteiger partial charge in [-0.05, 0) is 43.9 Å². The molecule has 1 saturated heterocycles. The molecule has 0 aliphatic carbocycles. The lowest BCUT2D eigenvalue weighted by Crippen LogP contribution is -2.29. The predicted octanol–water partition coefficient (Wildman–Crippen LogP) is 2.53. The van der Waals surface area contributed by atoms with Crippen molar-refractivity contribution in [3.05, 3.63) is 30.0 Å². The maximum absolute atomic E-state index is 11.7. The molecule has 1 atom stereocenters. The Morgan fingerprint density at radius 1 is 1.46 bits per heavy atom. The van der Waals surface area contributed by atoms with Crippen LogP contribution in [0, 0.1) is 0 Å². The molecular weight excluding hydrogens is 358 g/mol. The first-order chi connectivity index (χ1) is 12.2. The average molecular weight is 381 g/mol. The Morgan fingerprint density at radius 2 is 2.23 bits per heavy atom. The summed E-state index contributed by atoms with van der Waals surface area (Å²) in [5.41, 5.74) is 5.77. The summed E-state index contributed by atoms with van der Waals surface area (Å²) in [6, 6.07) is 4.97. The number of primary amides is 1. The van der Waals surface area contributed by atoms with Crippen LogP contribution in [0.2, 0.25) is 0 Å².